The maximum Gasteiger partial charge on any atom is 0.240 e. The van der Waals surface area contributed by atoms with Crippen LogP contribution < -0.4 is 0 Å². The molecule has 0 atom stereocenters. The lowest BCUT2D eigenvalue weighted by atomic mass is 10.0. The van der Waals surface area contributed by atoms with Crippen molar-refractivity contribution in [2.24, 2.45) is 0 Å². The third-order valence-corrected chi connectivity index (χ3v) is 3.69. The lowest BCUT2D eigenvalue weighted by molar-refractivity contribution is 0.590. The Morgan fingerprint density at radius 2 is 1.81 bits per heavy atom. The zero-order chi connectivity index (χ0) is 17.3. The first-order valence-electron chi connectivity index (χ1n) is 7.44. The first kappa shape index (κ1) is 14.2. The number of nitrogens with zero attached hydrogens (tertiary/aromatic N) is 8. The van der Waals surface area contributed by atoms with Gasteiger partial charge in [0.1, 0.15) is 11.4 Å². The maximum absolute atomic E-state index is 6.11. The third-order valence-electron chi connectivity index (χ3n) is 3.69. The van der Waals surface area contributed by atoms with Crippen LogP contribution in [-0.2, 0) is 0 Å². The lowest BCUT2D eigenvalue weighted by Crippen LogP contribution is -1.90. The molecular weight excluding hydrogens is 338 g/mol. The largest absolute Gasteiger partial charge is 0.449 e. The van der Waals surface area contributed by atoms with Crippen LogP contribution in [0.25, 0.3) is 45.6 Å². The summed E-state index contributed by atoms with van der Waals surface area (Å²) < 4.78 is 6.11. The molecule has 0 saturated carbocycles. The summed E-state index contributed by atoms with van der Waals surface area (Å²) in [5.41, 5.74) is 3.07. The summed E-state index contributed by atoms with van der Waals surface area (Å²) >= 11 is 0. The summed E-state index contributed by atoms with van der Waals surface area (Å²) in [5.74, 6) is 1.15. The normalized spacial score (nSPS) is 11.1. The third kappa shape index (κ3) is 2.16. The second-order valence-electron chi connectivity index (χ2n) is 5.16. The number of nitrogens with one attached hydrogen (secondary N) is 3. The Labute approximate surface area is 144 Å². The van der Waals surface area contributed by atoms with E-state index in [1.165, 1.54) is 0 Å². The molecule has 0 unspecified atom stereocenters. The molecule has 0 aliphatic heterocycles. The molecule has 5 aromatic rings. The lowest BCUT2D eigenvalue weighted by Gasteiger charge is -2.02. The van der Waals surface area contributed by atoms with Crippen LogP contribution >= 0.6 is 0 Å². The minimum Gasteiger partial charge on any atom is -0.449 e. The van der Waals surface area contributed by atoms with E-state index < -0.39 is 0 Å². The van der Waals surface area contributed by atoms with Crippen LogP contribution in [0.15, 0.2) is 41.5 Å². The Hall–Kier alpha value is -4.22. The van der Waals surface area contributed by atoms with E-state index in [2.05, 4.69) is 56.2 Å². The van der Waals surface area contributed by atoms with Gasteiger partial charge in [-0.25, -0.2) is 0 Å². The minimum atomic E-state index is 0.279. The first-order valence-corrected chi connectivity index (χ1v) is 7.44. The van der Waals surface area contributed by atoms with Crippen molar-refractivity contribution >= 4 is 0 Å². The maximum atomic E-state index is 6.11. The zero-order valence-electron chi connectivity index (χ0n) is 13.0. The molecule has 5 rings (SSSR count). The van der Waals surface area contributed by atoms with Gasteiger partial charge < -0.3 is 4.42 Å². The van der Waals surface area contributed by atoms with Crippen molar-refractivity contribution in [2.45, 2.75) is 0 Å². The fourth-order valence-electron chi connectivity index (χ4n) is 2.66. The zero-order valence-corrected chi connectivity index (χ0v) is 13.0. The highest BCUT2D eigenvalue weighted by Gasteiger charge is 2.29. The molecule has 0 aliphatic rings. The number of furan rings is 1. The van der Waals surface area contributed by atoms with Gasteiger partial charge in [0.05, 0.1) is 29.2 Å². The second kappa shape index (κ2) is 5.70. The molecule has 0 spiro atoms. The summed E-state index contributed by atoms with van der Waals surface area (Å²) in [6.07, 6.45) is 8.01. The number of aromatic amines is 3. The number of aromatic nitrogens is 11. The molecule has 126 valence electrons. The number of hydrogen-bond acceptors (Lipinski definition) is 9. The molecule has 5 heterocycles. The van der Waals surface area contributed by atoms with E-state index in [1.807, 2.05) is 0 Å². The SMILES string of the molecule is c1cnc(-c2c(-c3nn[nH]n3)oc(-c3ccn[nH]3)c2-c2cn[nH]n2)cn1. The molecule has 0 aliphatic carbocycles. The van der Waals surface area contributed by atoms with Crippen LogP contribution in [0, 0.1) is 0 Å². The van der Waals surface area contributed by atoms with Gasteiger partial charge >= 0.3 is 0 Å². The van der Waals surface area contributed by atoms with Crippen LogP contribution in [0.4, 0.5) is 0 Å². The van der Waals surface area contributed by atoms with Crippen molar-refractivity contribution in [3.63, 3.8) is 0 Å². The van der Waals surface area contributed by atoms with Gasteiger partial charge in [-0.3, -0.25) is 15.1 Å². The van der Waals surface area contributed by atoms with Crippen molar-refractivity contribution < 1.29 is 4.42 Å². The Morgan fingerprint density at radius 1 is 0.846 bits per heavy atom. The van der Waals surface area contributed by atoms with E-state index >= 15 is 0 Å². The standard InChI is InChI=1S/C14H9N11O/c1-2-17-19-7(1)12-11(9-6-18-23-20-9)10(8-5-15-3-4-16-8)13(26-12)14-21-24-25-22-14/h1-6H,(H,17,19)(H,18,20,23)(H,21,22,24,25). The number of H-pyrrole nitrogens is 3. The van der Waals surface area contributed by atoms with Gasteiger partial charge in [-0.2, -0.15) is 25.7 Å². The highest BCUT2D eigenvalue weighted by molar-refractivity contribution is 5.95. The van der Waals surface area contributed by atoms with Gasteiger partial charge in [0.25, 0.3) is 0 Å². The average molecular weight is 347 g/mol. The van der Waals surface area contributed by atoms with Gasteiger partial charge in [-0.15, -0.1) is 10.2 Å². The van der Waals surface area contributed by atoms with Crippen molar-refractivity contribution in [2.75, 3.05) is 0 Å². The summed E-state index contributed by atoms with van der Waals surface area (Å²) in [4.78, 5) is 8.54. The monoisotopic (exact) mass is 347 g/mol. The predicted octanol–water partition coefficient (Wildman–Crippen LogP) is 1.09. The van der Waals surface area contributed by atoms with Crippen molar-refractivity contribution in [1.29, 1.82) is 0 Å². The Kier molecular flexibility index (Phi) is 3.10. The predicted molar refractivity (Wildman–Crippen MR) is 85.9 cm³/mol. The van der Waals surface area contributed by atoms with E-state index in [-0.39, 0.29) is 5.82 Å². The van der Waals surface area contributed by atoms with Crippen molar-refractivity contribution in [3.8, 4) is 45.6 Å². The number of tetrazole rings is 1. The van der Waals surface area contributed by atoms with Crippen LogP contribution in [0.2, 0.25) is 0 Å². The van der Waals surface area contributed by atoms with E-state index in [4.69, 9.17) is 4.42 Å². The Morgan fingerprint density at radius 3 is 2.50 bits per heavy atom. The van der Waals surface area contributed by atoms with E-state index in [0.29, 0.717) is 39.7 Å². The molecule has 0 fully saturated rings. The number of rotatable bonds is 4. The fourth-order valence-corrected chi connectivity index (χ4v) is 2.66. The van der Waals surface area contributed by atoms with Gasteiger partial charge in [-0.05, 0) is 11.3 Å². The van der Waals surface area contributed by atoms with Crippen LogP contribution in [0.1, 0.15) is 0 Å². The fraction of sp³-hybridized carbons (Fsp3) is 0. The number of hydrogen-bond donors (Lipinski definition) is 3. The summed E-state index contributed by atoms with van der Waals surface area (Å²) in [6.45, 7) is 0. The molecule has 0 amide bonds. The van der Waals surface area contributed by atoms with Gasteiger partial charge in [0.2, 0.25) is 5.82 Å². The first-order chi connectivity index (χ1) is 12.9. The molecular formula is C14H9N11O. The average Bonchev–Trinajstić information content (AvgIpc) is 3.49. The smallest absolute Gasteiger partial charge is 0.240 e. The summed E-state index contributed by atoms with van der Waals surface area (Å²) in [5, 5.41) is 31.7. The van der Waals surface area contributed by atoms with E-state index in [0.717, 1.165) is 0 Å². The minimum absolute atomic E-state index is 0.279. The van der Waals surface area contributed by atoms with E-state index in [9.17, 15) is 0 Å². The molecule has 5 aromatic heterocycles. The van der Waals surface area contributed by atoms with Crippen LogP contribution in [0.5, 0.6) is 0 Å². The Balaban J connectivity index is 1.88. The molecule has 0 aromatic carbocycles. The molecule has 12 heteroatoms. The van der Waals surface area contributed by atoms with Gasteiger partial charge in [0, 0.05) is 18.6 Å². The second-order valence-corrected chi connectivity index (χ2v) is 5.16. The highest BCUT2D eigenvalue weighted by atomic mass is 16.3. The topological polar surface area (TPSA) is 164 Å². The molecule has 12 nitrogen and oxygen atoms in total. The molecule has 26 heavy (non-hydrogen) atoms. The van der Waals surface area contributed by atoms with Gasteiger partial charge in [-0.1, -0.05) is 0 Å². The molecule has 0 saturated heterocycles. The Bertz CT molecular complexity index is 1110. The van der Waals surface area contributed by atoms with Crippen LogP contribution in [-0.4, -0.2) is 56.2 Å². The van der Waals surface area contributed by atoms with Crippen molar-refractivity contribution in [3.05, 3.63) is 37.1 Å². The molecule has 0 radical (unpaired) electrons. The summed E-state index contributed by atoms with van der Waals surface area (Å²) in [7, 11) is 0. The molecule has 0 bridgehead atoms. The highest BCUT2D eigenvalue weighted by Crippen LogP contribution is 2.45. The van der Waals surface area contributed by atoms with Crippen molar-refractivity contribution in [1.82, 2.24) is 56.2 Å². The summed E-state index contributed by atoms with van der Waals surface area (Å²) in [6, 6.07) is 1.78. The molecule has 3 N–H and O–H groups in total. The van der Waals surface area contributed by atoms with Crippen LogP contribution in [0.3, 0.4) is 0 Å². The van der Waals surface area contributed by atoms with Gasteiger partial charge in [0.15, 0.2) is 11.5 Å². The quantitative estimate of drug-likeness (QED) is 0.431. The van der Waals surface area contributed by atoms with E-state index in [1.54, 1.807) is 37.1 Å².